The number of nitrogens with zero attached hydrogens (tertiary/aromatic N) is 2. The van der Waals surface area contributed by atoms with E-state index in [1.807, 2.05) is 32.9 Å². The second kappa shape index (κ2) is 6.90. The zero-order valence-corrected chi connectivity index (χ0v) is 16.2. The summed E-state index contributed by atoms with van der Waals surface area (Å²) >= 11 is 0. The van der Waals surface area contributed by atoms with Gasteiger partial charge in [0.1, 0.15) is 6.61 Å². The highest BCUT2D eigenvalue weighted by Crippen LogP contribution is 2.25. The van der Waals surface area contributed by atoms with E-state index in [1.165, 1.54) is 23.6 Å². The molecule has 1 aromatic heterocycles. The first-order valence-electron chi connectivity index (χ1n) is 8.43. The molecule has 2 aromatic rings. The van der Waals surface area contributed by atoms with Crippen LogP contribution in [0.4, 0.5) is 0 Å². The van der Waals surface area contributed by atoms with E-state index in [1.54, 1.807) is 0 Å². The Morgan fingerprint density at radius 1 is 1.04 bits per heavy atom. The van der Waals surface area contributed by atoms with Crippen LogP contribution >= 0.6 is 0 Å². The minimum absolute atomic E-state index is 0.115. The second-order valence-electron chi connectivity index (χ2n) is 8.17. The predicted molar refractivity (Wildman–Crippen MR) is 99.5 cm³/mol. The van der Waals surface area contributed by atoms with E-state index >= 15 is 0 Å². The number of ether oxygens (including phenoxy) is 2. The lowest BCUT2D eigenvalue weighted by atomic mass is 9.87. The summed E-state index contributed by atoms with van der Waals surface area (Å²) in [6.45, 7) is 12.6. The van der Waals surface area contributed by atoms with Crippen LogP contribution in [-0.2, 0) is 17.6 Å². The van der Waals surface area contributed by atoms with Crippen molar-refractivity contribution >= 4 is 0 Å². The first-order chi connectivity index (χ1) is 11.5. The van der Waals surface area contributed by atoms with Gasteiger partial charge in [-0.2, -0.15) is 5.10 Å². The van der Waals surface area contributed by atoms with E-state index in [2.05, 4.69) is 38.0 Å². The molecular formula is C20H28N2O3. The molecule has 0 aliphatic heterocycles. The van der Waals surface area contributed by atoms with Gasteiger partial charge in [-0.25, -0.2) is 4.68 Å². The van der Waals surface area contributed by atoms with Crippen LogP contribution in [0.3, 0.4) is 0 Å². The highest BCUT2D eigenvalue weighted by molar-refractivity contribution is 5.35. The zero-order chi connectivity index (χ0) is 18.8. The molecule has 1 aromatic carbocycles. The Morgan fingerprint density at radius 2 is 1.64 bits per heavy atom. The number of rotatable bonds is 4. The van der Waals surface area contributed by atoms with Crippen LogP contribution in [0.25, 0.3) is 0 Å². The molecule has 136 valence electrons. The van der Waals surface area contributed by atoms with E-state index in [-0.39, 0.29) is 16.7 Å². The average molecular weight is 344 g/mol. The Morgan fingerprint density at radius 3 is 2.12 bits per heavy atom. The fourth-order valence-corrected chi connectivity index (χ4v) is 2.45. The monoisotopic (exact) mass is 344 g/mol. The van der Waals surface area contributed by atoms with Crippen molar-refractivity contribution in [3.63, 3.8) is 0 Å². The van der Waals surface area contributed by atoms with Crippen LogP contribution in [0.15, 0.2) is 35.3 Å². The standard InChI is InChI=1S/C20H28N2O3/c1-19(2,3)15-10-8-14(9-11-15)13-25-16-12-21-22(20(4,5)6)18(23)17(16)24-7/h8-12H,13H2,1-7H3. The van der Waals surface area contributed by atoms with Crippen LogP contribution in [0, 0.1) is 0 Å². The number of hydrogen-bond acceptors (Lipinski definition) is 4. The molecule has 0 aliphatic carbocycles. The van der Waals surface area contributed by atoms with Gasteiger partial charge in [0, 0.05) is 0 Å². The van der Waals surface area contributed by atoms with Gasteiger partial charge in [-0.1, -0.05) is 45.0 Å². The van der Waals surface area contributed by atoms with Crippen molar-refractivity contribution in [3.05, 3.63) is 51.9 Å². The van der Waals surface area contributed by atoms with Crippen LogP contribution in [0.2, 0.25) is 0 Å². The summed E-state index contributed by atoms with van der Waals surface area (Å²) in [7, 11) is 1.47. The first kappa shape index (κ1) is 19.0. The van der Waals surface area contributed by atoms with Gasteiger partial charge in [-0.05, 0) is 37.3 Å². The molecule has 0 N–H and O–H groups in total. The number of methoxy groups -OCH3 is 1. The minimum atomic E-state index is -0.425. The van der Waals surface area contributed by atoms with Crippen LogP contribution in [-0.4, -0.2) is 16.9 Å². The van der Waals surface area contributed by atoms with E-state index < -0.39 is 5.54 Å². The Balaban J connectivity index is 2.21. The topological polar surface area (TPSA) is 53.4 Å². The Labute approximate surface area is 149 Å². The van der Waals surface area contributed by atoms with Gasteiger partial charge >= 0.3 is 5.56 Å². The molecule has 0 aliphatic rings. The molecule has 5 nitrogen and oxygen atoms in total. The normalized spacial score (nSPS) is 12.1. The maximum Gasteiger partial charge on any atom is 0.313 e. The Kier molecular flexibility index (Phi) is 5.26. The van der Waals surface area contributed by atoms with Crippen molar-refractivity contribution in [2.45, 2.75) is 59.1 Å². The highest BCUT2D eigenvalue weighted by atomic mass is 16.5. The summed E-state index contributed by atoms with van der Waals surface area (Å²) < 4.78 is 12.5. The van der Waals surface area contributed by atoms with Crippen LogP contribution < -0.4 is 15.0 Å². The van der Waals surface area contributed by atoms with Crippen molar-refractivity contribution in [1.82, 2.24) is 9.78 Å². The maximum absolute atomic E-state index is 12.5. The summed E-state index contributed by atoms with van der Waals surface area (Å²) in [5.74, 6) is 0.532. The van der Waals surface area contributed by atoms with Crippen LogP contribution in [0.1, 0.15) is 52.7 Å². The highest BCUT2D eigenvalue weighted by Gasteiger charge is 2.21. The Bertz CT molecular complexity index is 779. The molecular weight excluding hydrogens is 316 g/mol. The lowest BCUT2D eigenvalue weighted by molar-refractivity contribution is 0.264. The van der Waals surface area contributed by atoms with Gasteiger partial charge in [0.05, 0.1) is 18.8 Å². The van der Waals surface area contributed by atoms with E-state index in [4.69, 9.17) is 9.47 Å². The fourth-order valence-electron chi connectivity index (χ4n) is 2.45. The summed E-state index contributed by atoms with van der Waals surface area (Å²) in [4.78, 5) is 12.5. The summed E-state index contributed by atoms with van der Waals surface area (Å²) in [6, 6.07) is 8.28. The zero-order valence-electron chi connectivity index (χ0n) is 16.2. The average Bonchev–Trinajstić information content (AvgIpc) is 2.51. The third kappa shape index (κ3) is 4.41. The molecule has 0 radical (unpaired) electrons. The molecule has 0 saturated carbocycles. The fraction of sp³-hybridized carbons (Fsp3) is 0.500. The predicted octanol–water partition coefficient (Wildman–Crippen LogP) is 3.88. The largest absolute Gasteiger partial charge is 0.488 e. The van der Waals surface area contributed by atoms with E-state index in [9.17, 15) is 4.79 Å². The van der Waals surface area contributed by atoms with Crippen molar-refractivity contribution in [3.8, 4) is 11.5 Å². The molecule has 0 atom stereocenters. The number of hydrogen-bond donors (Lipinski definition) is 0. The van der Waals surface area contributed by atoms with Crippen molar-refractivity contribution in [2.24, 2.45) is 0 Å². The summed E-state index contributed by atoms with van der Waals surface area (Å²) in [5, 5.41) is 4.22. The van der Waals surface area contributed by atoms with Gasteiger partial charge < -0.3 is 9.47 Å². The van der Waals surface area contributed by atoms with Gasteiger partial charge in [-0.3, -0.25) is 4.79 Å². The molecule has 0 spiro atoms. The first-order valence-corrected chi connectivity index (χ1v) is 8.43. The van der Waals surface area contributed by atoms with Gasteiger partial charge in [0.15, 0.2) is 5.75 Å². The maximum atomic E-state index is 12.5. The molecule has 0 unspecified atom stereocenters. The molecule has 0 fully saturated rings. The molecule has 25 heavy (non-hydrogen) atoms. The van der Waals surface area contributed by atoms with Crippen molar-refractivity contribution in [2.75, 3.05) is 7.11 Å². The molecule has 0 saturated heterocycles. The van der Waals surface area contributed by atoms with Crippen LogP contribution in [0.5, 0.6) is 11.5 Å². The third-order valence-corrected chi connectivity index (χ3v) is 3.95. The smallest absolute Gasteiger partial charge is 0.313 e. The summed E-state index contributed by atoms with van der Waals surface area (Å²) in [6.07, 6.45) is 1.54. The molecule has 2 rings (SSSR count). The SMILES string of the molecule is COc1c(OCc2ccc(C(C)(C)C)cc2)cnn(C(C)(C)C)c1=O. The van der Waals surface area contributed by atoms with Gasteiger partial charge in [-0.15, -0.1) is 0 Å². The number of aromatic nitrogens is 2. The Hall–Kier alpha value is -2.30. The molecule has 5 heteroatoms. The van der Waals surface area contributed by atoms with Gasteiger partial charge in [0.25, 0.3) is 0 Å². The quantitative estimate of drug-likeness (QED) is 0.844. The van der Waals surface area contributed by atoms with E-state index in [0.29, 0.717) is 12.4 Å². The molecule has 1 heterocycles. The van der Waals surface area contributed by atoms with E-state index in [0.717, 1.165) is 5.56 Å². The van der Waals surface area contributed by atoms with Gasteiger partial charge in [0.2, 0.25) is 5.75 Å². The van der Waals surface area contributed by atoms with Crippen molar-refractivity contribution in [1.29, 1.82) is 0 Å². The summed E-state index contributed by atoms with van der Waals surface area (Å²) in [5.41, 5.74) is 1.68. The third-order valence-electron chi connectivity index (χ3n) is 3.95. The van der Waals surface area contributed by atoms with Crippen molar-refractivity contribution < 1.29 is 9.47 Å². The lowest BCUT2D eigenvalue weighted by Crippen LogP contribution is -2.36. The lowest BCUT2D eigenvalue weighted by Gasteiger charge is -2.22. The second-order valence-corrected chi connectivity index (χ2v) is 8.17. The molecule has 0 amide bonds. The molecule has 0 bridgehead atoms. The number of benzene rings is 1. The minimum Gasteiger partial charge on any atom is -0.488 e.